The second kappa shape index (κ2) is 8.56. The minimum Gasteiger partial charge on any atom is -0.481 e. The summed E-state index contributed by atoms with van der Waals surface area (Å²) >= 11 is 0. The summed E-state index contributed by atoms with van der Waals surface area (Å²) in [6.07, 6.45) is -0.711. The summed E-state index contributed by atoms with van der Waals surface area (Å²) in [5.74, 6) is -0.0899. The molecule has 0 aromatic heterocycles. The highest BCUT2D eigenvalue weighted by Crippen LogP contribution is 2.28. The number of aryl methyl sites for hydroxylation is 1. The van der Waals surface area contributed by atoms with E-state index in [4.69, 9.17) is 9.84 Å². The first kappa shape index (κ1) is 19.0. The Morgan fingerprint density at radius 1 is 1.26 bits per heavy atom. The Hall–Kier alpha value is -2.04. The van der Waals surface area contributed by atoms with Crippen molar-refractivity contribution in [3.8, 4) is 5.75 Å². The first-order valence-corrected chi connectivity index (χ1v) is 8.04. The second-order valence-corrected chi connectivity index (χ2v) is 6.02. The van der Waals surface area contributed by atoms with E-state index in [0.717, 1.165) is 16.9 Å². The molecular weight excluding hydrogens is 294 g/mol. The standard InChI is InChI=1S/C18H27NO4/c1-6-19(10-9-17(20)21)18(22)14(5)23-16-11-13(4)7-8-15(16)12(2)3/h7-8,11-12,14H,6,9-10H2,1-5H3,(H,20,21). The number of nitrogens with zero attached hydrogens (tertiary/aromatic N) is 1. The van der Waals surface area contributed by atoms with Gasteiger partial charge in [-0.05, 0) is 43.9 Å². The van der Waals surface area contributed by atoms with Gasteiger partial charge in [0.05, 0.1) is 6.42 Å². The number of carbonyl (C=O) groups is 2. The van der Waals surface area contributed by atoms with Crippen LogP contribution < -0.4 is 4.74 Å². The third kappa shape index (κ3) is 5.58. The third-order valence-electron chi connectivity index (χ3n) is 3.73. The molecule has 1 unspecified atom stereocenters. The van der Waals surface area contributed by atoms with Crippen LogP contribution in [0, 0.1) is 6.92 Å². The van der Waals surface area contributed by atoms with Crippen LogP contribution in [0.15, 0.2) is 18.2 Å². The minimum absolute atomic E-state index is 0.0615. The Labute approximate surface area is 138 Å². The number of ether oxygens (including phenoxy) is 1. The highest BCUT2D eigenvalue weighted by Gasteiger charge is 2.22. The van der Waals surface area contributed by atoms with Crippen LogP contribution in [0.5, 0.6) is 5.75 Å². The SMILES string of the molecule is CCN(CCC(=O)O)C(=O)C(C)Oc1cc(C)ccc1C(C)C. The van der Waals surface area contributed by atoms with Gasteiger partial charge in [0, 0.05) is 13.1 Å². The summed E-state index contributed by atoms with van der Waals surface area (Å²) in [5, 5.41) is 8.77. The monoisotopic (exact) mass is 321 g/mol. The van der Waals surface area contributed by atoms with Gasteiger partial charge in [0.15, 0.2) is 6.10 Å². The maximum absolute atomic E-state index is 12.5. The molecule has 5 nitrogen and oxygen atoms in total. The highest BCUT2D eigenvalue weighted by atomic mass is 16.5. The zero-order valence-electron chi connectivity index (χ0n) is 14.6. The number of carboxylic acid groups (broad SMARTS) is 1. The Balaban J connectivity index is 2.85. The van der Waals surface area contributed by atoms with Gasteiger partial charge in [-0.15, -0.1) is 0 Å². The molecule has 0 bridgehead atoms. The van der Waals surface area contributed by atoms with E-state index in [1.807, 2.05) is 32.0 Å². The molecule has 0 aliphatic carbocycles. The van der Waals surface area contributed by atoms with Gasteiger partial charge in [-0.25, -0.2) is 0 Å². The van der Waals surface area contributed by atoms with Crippen molar-refractivity contribution in [2.45, 2.75) is 53.1 Å². The van der Waals surface area contributed by atoms with Gasteiger partial charge in [-0.2, -0.15) is 0 Å². The fourth-order valence-corrected chi connectivity index (χ4v) is 2.37. The molecule has 0 radical (unpaired) electrons. The van der Waals surface area contributed by atoms with Gasteiger partial charge in [-0.3, -0.25) is 9.59 Å². The Bertz CT molecular complexity index is 554. The van der Waals surface area contributed by atoms with E-state index in [1.54, 1.807) is 6.92 Å². The number of hydrogen-bond acceptors (Lipinski definition) is 3. The van der Waals surface area contributed by atoms with Gasteiger partial charge in [-0.1, -0.05) is 26.0 Å². The van der Waals surface area contributed by atoms with Gasteiger partial charge in [0.25, 0.3) is 5.91 Å². The van der Waals surface area contributed by atoms with Crippen LogP contribution >= 0.6 is 0 Å². The Morgan fingerprint density at radius 3 is 2.43 bits per heavy atom. The molecular formula is C18H27NO4. The highest BCUT2D eigenvalue weighted by molar-refractivity contribution is 5.81. The lowest BCUT2D eigenvalue weighted by molar-refractivity contribution is -0.140. The van der Waals surface area contributed by atoms with Crippen LogP contribution in [0.25, 0.3) is 0 Å². The van der Waals surface area contributed by atoms with Crippen molar-refractivity contribution >= 4 is 11.9 Å². The van der Waals surface area contributed by atoms with E-state index in [1.165, 1.54) is 4.90 Å². The fourth-order valence-electron chi connectivity index (χ4n) is 2.37. The molecule has 0 aliphatic rings. The lowest BCUT2D eigenvalue weighted by Crippen LogP contribution is -2.41. The van der Waals surface area contributed by atoms with Crippen LogP contribution in [0.1, 0.15) is 51.2 Å². The van der Waals surface area contributed by atoms with Gasteiger partial charge >= 0.3 is 5.97 Å². The number of carboxylic acids is 1. The van der Waals surface area contributed by atoms with E-state index >= 15 is 0 Å². The average molecular weight is 321 g/mol. The molecule has 128 valence electrons. The van der Waals surface area contributed by atoms with Crippen molar-refractivity contribution in [1.29, 1.82) is 0 Å². The van der Waals surface area contributed by atoms with Crippen molar-refractivity contribution < 1.29 is 19.4 Å². The maximum atomic E-state index is 12.5. The number of amides is 1. The third-order valence-corrected chi connectivity index (χ3v) is 3.73. The number of benzene rings is 1. The predicted molar refractivity (Wildman–Crippen MR) is 89.9 cm³/mol. The van der Waals surface area contributed by atoms with E-state index in [0.29, 0.717) is 12.5 Å². The van der Waals surface area contributed by atoms with E-state index in [-0.39, 0.29) is 18.9 Å². The van der Waals surface area contributed by atoms with Crippen molar-refractivity contribution in [1.82, 2.24) is 4.90 Å². The van der Waals surface area contributed by atoms with Crippen LogP contribution in [-0.2, 0) is 9.59 Å². The summed E-state index contributed by atoms with van der Waals surface area (Å²) in [7, 11) is 0. The number of likely N-dealkylation sites (N-methyl/N-ethyl adjacent to an activating group) is 1. The first-order chi connectivity index (χ1) is 10.8. The molecule has 0 heterocycles. The molecule has 23 heavy (non-hydrogen) atoms. The Morgan fingerprint density at radius 2 is 1.91 bits per heavy atom. The first-order valence-electron chi connectivity index (χ1n) is 8.04. The molecule has 1 rings (SSSR count). The van der Waals surface area contributed by atoms with Gasteiger partial charge in [0.1, 0.15) is 5.75 Å². The number of hydrogen-bond donors (Lipinski definition) is 1. The van der Waals surface area contributed by atoms with Crippen LogP contribution in [0.3, 0.4) is 0 Å². The lowest BCUT2D eigenvalue weighted by atomic mass is 10.0. The molecule has 0 spiro atoms. The zero-order chi connectivity index (χ0) is 17.6. The smallest absolute Gasteiger partial charge is 0.305 e. The number of carbonyl (C=O) groups excluding carboxylic acids is 1. The summed E-state index contributed by atoms with van der Waals surface area (Å²) in [5.41, 5.74) is 2.13. The van der Waals surface area contributed by atoms with E-state index in [9.17, 15) is 9.59 Å². The fraction of sp³-hybridized carbons (Fsp3) is 0.556. The van der Waals surface area contributed by atoms with Gasteiger partial charge in [0.2, 0.25) is 0 Å². The molecule has 0 aliphatic heterocycles. The molecule has 1 aromatic carbocycles. The lowest BCUT2D eigenvalue weighted by Gasteiger charge is -2.25. The topological polar surface area (TPSA) is 66.8 Å². The van der Waals surface area contributed by atoms with Crippen molar-refractivity contribution in [3.05, 3.63) is 29.3 Å². The molecule has 5 heteroatoms. The van der Waals surface area contributed by atoms with Crippen molar-refractivity contribution in [3.63, 3.8) is 0 Å². The second-order valence-electron chi connectivity index (χ2n) is 6.02. The molecule has 1 aromatic rings. The quantitative estimate of drug-likeness (QED) is 0.798. The predicted octanol–water partition coefficient (Wildman–Crippen LogP) is 3.21. The van der Waals surface area contributed by atoms with Crippen LogP contribution in [-0.4, -0.2) is 41.1 Å². The molecule has 1 N–H and O–H groups in total. The Kier molecular flexibility index (Phi) is 7.07. The average Bonchev–Trinajstić information content (AvgIpc) is 2.46. The summed E-state index contributed by atoms with van der Waals surface area (Å²) in [4.78, 5) is 24.7. The zero-order valence-corrected chi connectivity index (χ0v) is 14.6. The van der Waals surface area contributed by atoms with Crippen molar-refractivity contribution in [2.24, 2.45) is 0 Å². The van der Waals surface area contributed by atoms with Crippen molar-refractivity contribution in [2.75, 3.05) is 13.1 Å². The summed E-state index contributed by atoms with van der Waals surface area (Å²) < 4.78 is 5.90. The molecule has 0 fully saturated rings. The van der Waals surface area contributed by atoms with E-state index in [2.05, 4.69) is 13.8 Å². The maximum Gasteiger partial charge on any atom is 0.305 e. The molecule has 1 amide bonds. The minimum atomic E-state index is -0.911. The molecule has 0 saturated carbocycles. The normalized spacial score (nSPS) is 12.1. The van der Waals surface area contributed by atoms with E-state index < -0.39 is 12.1 Å². The van der Waals surface area contributed by atoms with Crippen LogP contribution in [0.4, 0.5) is 0 Å². The van der Waals surface area contributed by atoms with Gasteiger partial charge < -0.3 is 14.7 Å². The summed E-state index contributed by atoms with van der Waals surface area (Å²) in [6, 6.07) is 5.99. The number of aliphatic carboxylic acids is 1. The number of rotatable bonds is 8. The van der Waals surface area contributed by atoms with Crippen LogP contribution in [0.2, 0.25) is 0 Å². The largest absolute Gasteiger partial charge is 0.481 e. The summed E-state index contributed by atoms with van der Waals surface area (Å²) in [6.45, 7) is 10.3. The molecule has 0 saturated heterocycles. The molecule has 1 atom stereocenters.